The number of pyridine rings is 1. The normalized spacial score (nSPS) is 18.0. The van der Waals surface area contributed by atoms with E-state index in [1.165, 1.54) is 41.9 Å². The minimum absolute atomic E-state index is 0.0435. The van der Waals surface area contributed by atoms with Crippen molar-refractivity contribution >= 4 is 39.1 Å². The van der Waals surface area contributed by atoms with Crippen molar-refractivity contribution in [3.8, 4) is 0 Å². The van der Waals surface area contributed by atoms with E-state index in [1.54, 1.807) is 0 Å². The van der Waals surface area contributed by atoms with E-state index >= 15 is 0 Å². The maximum absolute atomic E-state index is 13.1. The molecule has 0 atom stereocenters. The summed E-state index contributed by atoms with van der Waals surface area (Å²) in [6.07, 6.45) is 6.93. The lowest BCUT2D eigenvalue weighted by Gasteiger charge is -2.30. The summed E-state index contributed by atoms with van der Waals surface area (Å²) in [6.45, 7) is 3.32. The maximum Gasteiger partial charge on any atom is 0.309 e. The highest BCUT2D eigenvalue weighted by Crippen LogP contribution is 2.36. The first-order valence-corrected chi connectivity index (χ1v) is 11.1. The Kier molecular flexibility index (Phi) is 5.53. The second kappa shape index (κ2) is 8.07. The fourth-order valence-corrected chi connectivity index (χ4v) is 5.28. The lowest BCUT2D eigenvalue weighted by molar-refractivity contribution is -0.149. The number of hydrogen-bond acceptors (Lipinski definition) is 6. The van der Waals surface area contributed by atoms with E-state index in [1.807, 2.05) is 11.8 Å². The third-order valence-corrected chi connectivity index (χ3v) is 6.95. The molecule has 4 rings (SSSR count). The quantitative estimate of drug-likeness (QED) is 0.628. The Balaban J connectivity index is 1.53. The third kappa shape index (κ3) is 3.60. The molecule has 150 valence electrons. The summed E-state index contributed by atoms with van der Waals surface area (Å²) in [5.41, 5.74) is 9.38. The van der Waals surface area contributed by atoms with Crippen molar-refractivity contribution in [1.29, 1.82) is 0 Å². The van der Waals surface area contributed by atoms with Crippen molar-refractivity contribution in [3.05, 3.63) is 22.2 Å². The molecule has 0 bridgehead atoms. The van der Waals surface area contributed by atoms with Crippen LogP contribution in [-0.2, 0) is 22.4 Å². The summed E-state index contributed by atoms with van der Waals surface area (Å²) in [5, 5.41) is 0.912. The molecule has 1 aliphatic carbocycles. The van der Waals surface area contributed by atoms with Crippen molar-refractivity contribution in [2.45, 2.75) is 51.9 Å². The molecular formula is C21H27N3O3S. The summed E-state index contributed by atoms with van der Waals surface area (Å²) in [4.78, 5) is 33.1. The number of thiophene rings is 1. The summed E-state index contributed by atoms with van der Waals surface area (Å²) in [6, 6.07) is 2.15. The Hall–Kier alpha value is -2.15. The molecule has 6 nitrogen and oxygen atoms in total. The van der Waals surface area contributed by atoms with Gasteiger partial charge < -0.3 is 15.4 Å². The van der Waals surface area contributed by atoms with Crippen LogP contribution in [0.25, 0.3) is 10.2 Å². The Labute approximate surface area is 169 Å². The smallest absolute Gasteiger partial charge is 0.309 e. The number of hydrogen-bond donors (Lipinski definition) is 1. The lowest BCUT2D eigenvalue weighted by Crippen LogP contribution is -2.40. The van der Waals surface area contributed by atoms with Gasteiger partial charge in [-0.2, -0.15) is 0 Å². The van der Waals surface area contributed by atoms with Gasteiger partial charge in [0.25, 0.3) is 5.91 Å². The highest BCUT2D eigenvalue weighted by atomic mass is 32.1. The molecule has 0 unspecified atom stereocenters. The molecule has 1 fully saturated rings. The summed E-state index contributed by atoms with van der Waals surface area (Å²) in [5.74, 6) is -0.305. The number of ether oxygens (including phenoxy) is 1. The zero-order valence-corrected chi connectivity index (χ0v) is 17.1. The Morgan fingerprint density at radius 2 is 2.00 bits per heavy atom. The van der Waals surface area contributed by atoms with Crippen molar-refractivity contribution in [2.24, 2.45) is 5.92 Å². The predicted octanol–water partition coefficient (Wildman–Crippen LogP) is 3.56. The molecule has 7 heteroatoms. The van der Waals surface area contributed by atoms with Crippen LogP contribution < -0.4 is 5.73 Å². The van der Waals surface area contributed by atoms with Crippen LogP contribution in [-0.4, -0.2) is 41.5 Å². The molecule has 2 aromatic heterocycles. The second-order valence-corrected chi connectivity index (χ2v) is 8.67. The highest BCUT2D eigenvalue weighted by molar-refractivity contribution is 7.21. The molecule has 1 aliphatic heterocycles. The van der Waals surface area contributed by atoms with E-state index < -0.39 is 0 Å². The lowest BCUT2D eigenvalue weighted by atomic mass is 9.97. The number of nitrogen functional groups attached to an aromatic ring is 1. The van der Waals surface area contributed by atoms with Gasteiger partial charge in [0.1, 0.15) is 9.71 Å². The largest absolute Gasteiger partial charge is 0.466 e. The second-order valence-electron chi connectivity index (χ2n) is 7.67. The van der Waals surface area contributed by atoms with E-state index in [9.17, 15) is 9.59 Å². The molecule has 0 spiro atoms. The van der Waals surface area contributed by atoms with Crippen molar-refractivity contribution in [3.63, 3.8) is 0 Å². The fourth-order valence-electron chi connectivity index (χ4n) is 4.22. The number of likely N-dealkylation sites (tertiary alicyclic amines) is 1. The van der Waals surface area contributed by atoms with Crippen LogP contribution in [0.2, 0.25) is 0 Å². The molecule has 2 aliphatic rings. The molecular weight excluding hydrogens is 374 g/mol. The number of fused-ring (bicyclic) bond motifs is 2. The van der Waals surface area contributed by atoms with E-state index in [4.69, 9.17) is 15.5 Å². The summed E-state index contributed by atoms with van der Waals surface area (Å²) >= 11 is 1.40. The average molecular weight is 402 g/mol. The Morgan fingerprint density at radius 3 is 2.75 bits per heavy atom. The van der Waals surface area contributed by atoms with Crippen molar-refractivity contribution in [1.82, 2.24) is 9.88 Å². The van der Waals surface area contributed by atoms with Crippen LogP contribution in [0.1, 0.15) is 60.0 Å². The number of carbonyl (C=O) groups is 2. The first-order chi connectivity index (χ1) is 13.6. The number of nitrogens with two attached hydrogens (primary N) is 1. The number of carbonyl (C=O) groups excluding carboxylic acids is 2. The van der Waals surface area contributed by atoms with E-state index in [2.05, 4.69) is 6.07 Å². The number of anilines is 1. The van der Waals surface area contributed by atoms with Crippen LogP contribution in [0.15, 0.2) is 6.07 Å². The van der Waals surface area contributed by atoms with Gasteiger partial charge in [0.05, 0.1) is 18.2 Å². The van der Waals surface area contributed by atoms with Crippen LogP contribution in [0.4, 0.5) is 5.69 Å². The highest BCUT2D eigenvalue weighted by Gasteiger charge is 2.30. The molecule has 28 heavy (non-hydrogen) atoms. The number of amides is 1. The van der Waals surface area contributed by atoms with Crippen LogP contribution in [0.3, 0.4) is 0 Å². The monoisotopic (exact) mass is 401 g/mol. The van der Waals surface area contributed by atoms with Gasteiger partial charge in [-0.15, -0.1) is 11.3 Å². The van der Waals surface area contributed by atoms with E-state index in [-0.39, 0.29) is 17.8 Å². The van der Waals surface area contributed by atoms with Gasteiger partial charge in [-0.05, 0) is 57.1 Å². The number of esters is 1. The van der Waals surface area contributed by atoms with Gasteiger partial charge in [0.15, 0.2) is 0 Å². The maximum atomic E-state index is 13.1. The molecule has 1 amide bonds. The van der Waals surface area contributed by atoms with Crippen LogP contribution in [0, 0.1) is 5.92 Å². The predicted molar refractivity (Wildman–Crippen MR) is 111 cm³/mol. The van der Waals surface area contributed by atoms with Crippen LogP contribution >= 0.6 is 11.3 Å². The SMILES string of the molecule is CCOC(=O)C1CCN(C(=O)c2sc3nc4c(cc3c2N)CCCCC4)CC1. The first kappa shape index (κ1) is 19.2. The Bertz CT molecular complexity index is 900. The average Bonchev–Trinajstić information content (AvgIpc) is 2.88. The number of aryl methyl sites for hydroxylation is 2. The van der Waals surface area contributed by atoms with Gasteiger partial charge in [0, 0.05) is 24.2 Å². The minimum Gasteiger partial charge on any atom is -0.466 e. The van der Waals surface area contributed by atoms with Gasteiger partial charge in [-0.3, -0.25) is 9.59 Å². The number of rotatable bonds is 3. The molecule has 2 aromatic rings. The van der Waals surface area contributed by atoms with E-state index in [0.29, 0.717) is 43.1 Å². The molecule has 1 saturated heterocycles. The number of piperidine rings is 1. The zero-order chi connectivity index (χ0) is 19.7. The Morgan fingerprint density at radius 1 is 1.25 bits per heavy atom. The van der Waals surface area contributed by atoms with Gasteiger partial charge in [-0.25, -0.2) is 4.98 Å². The summed E-state index contributed by atoms with van der Waals surface area (Å²) < 4.78 is 5.11. The number of aromatic nitrogens is 1. The fraction of sp³-hybridized carbons (Fsp3) is 0.571. The van der Waals surface area contributed by atoms with Gasteiger partial charge >= 0.3 is 5.97 Å². The van der Waals surface area contributed by atoms with Crippen molar-refractivity contribution in [2.75, 3.05) is 25.4 Å². The third-order valence-electron chi connectivity index (χ3n) is 5.85. The van der Waals surface area contributed by atoms with Gasteiger partial charge in [0.2, 0.25) is 0 Å². The van der Waals surface area contributed by atoms with Crippen molar-refractivity contribution < 1.29 is 14.3 Å². The standard InChI is InChI=1S/C21H27N3O3S/c1-2-27-21(26)13-8-10-24(11-9-13)20(25)18-17(22)15-12-14-6-4-3-5-7-16(14)23-19(15)28-18/h12-13H,2-11,22H2,1H3. The molecule has 2 N–H and O–H groups in total. The molecule has 0 aromatic carbocycles. The molecule has 0 radical (unpaired) electrons. The topological polar surface area (TPSA) is 85.5 Å². The number of nitrogens with zero attached hydrogens (tertiary/aromatic N) is 2. The summed E-state index contributed by atoms with van der Waals surface area (Å²) in [7, 11) is 0. The first-order valence-electron chi connectivity index (χ1n) is 10.2. The van der Waals surface area contributed by atoms with Crippen LogP contribution in [0.5, 0.6) is 0 Å². The molecule has 3 heterocycles. The van der Waals surface area contributed by atoms with Gasteiger partial charge in [-0.1, -0.05) is 6.42 Å². The molecule has 0 saturated carbocycles. The zero-order valence-electron chi connectivity index (χ0n) is 16.3. The van der Waals surface area contributed by atoms with E-state index in [0.717, 1.165) is 23.1 Å². The minimum atomic E-state index is -0.151.